The zero-order chi connectivity index (χ0) is 29.8. The highest BCUT2D eigenvalue weighted by Gasteiger charge is 2.32. The van der Waals surface area contributed by atoms with E-state index in [1.807, 2.05) is 0 Å². The van der Waals surface area contributed by atoms with Crippen LogP contribution in [0.2, 0.25) is 0 Å². The molecule has 0 heterocycles. The second-order valence-electron chi connectivity index (χ2n) is 9.29. The summed E-state index contributed by atoms with van der Waals surface area (Å²) in [5.74, 6) is -5.12. The number of hydrogen-bond acceptors (Lipinski definition) is 8. The van der Waals surface area contributed by atoms with Crippen molar-refractivity contribution in [3.8, 4) is 5.75 Å². The Kier molecular flexibility index (Phi) is 12.0. The SMILES string of the molecule is CC(O)C(NC(=O)C(N)CCC(=O)O)C(=O)NC(Cc1ccccc1)C(=O)NC(Cc1ccc(O)cc1)C(=O)O. The van der Waals surface area contributed by atoms with Crippen LogP contribution in [0.25, 0.3) is 0 Å². The number of rotatable bonds is 15. The average Bonchev–Trinajstić information content (AvgIpc) is 2.90. The number of phenols is 1. The van der Waals surface area contributed by atoms with Crippen molar-refractivity contribution in [2.75, 3.05) is 0 Å². The third kappa shape index (κ3) is 10.3. The standard InChI is InChI=1S/C27H34N4O9/c1-15(32)23(31-24(36)19(28)11-12-22(34)35)26(38)29-20(13-16-5-3-2-4-6-16)25(37)30-21(27(39)40)14-17-7-9-18(33)10-8-17/h2-10,15,19-21,23,32-33H,11-14,28H2,1H3,(H,29,38)(H,30,37)(H,31,36)(H,34,35)(H,39,40). The van der Waals surface area contributed by atoms with Crippen LogP contribution in [-0.2, 0) is 36.8 Å². The Balaban J connectivity index is 2.21. The number of carbonyl (C=O) groups is 5. The molecule has 216 valence electrons. The molecule has 0 spiro atoms. The monoisotopic (exact) mass is 558 g/mol. The van der Waals surface area contributed by atoms with Gasteiger partial charge in [0, 0.05) is 19.3 Å². The zero-order valence-corrected chi connectivity index (χ0v) is 21.8. The van der Waals surface area contributed by atoms with Crippen molar-refractivity contribution in [2.24, 2.45) is 5.73 Å². The lowest BCUT2D eigenvalue weighted by molar-refractivity contribution is -0.142. The molecule has 0 aliphatic carbocycles. The van der Waals surface area contributed by atoms with E-state index >= 15 is 0 Å². The number of nitrogens with one attached hydrogen (secondary N) is 3. The highest BCUT2D eigenvalue weighted by atomic mass is 16.4. The summed E-state index contributed by atoms with van der Waals surface area (Å²) in [5.41, 5.74) is 6.87. The van der Waals surface area contributed by atoms with Gasteiger partial charge in [-0.1, -0.05) is 42.5 Å². The maximum atomic E-state index is 13.3. The highest BCUT2D eigenvalue weighted by molar-refractivity contribution is 5.94. The first-order valence-electron chi connectivity index (χ1n) is 12.5. The number of benzene rings is 2. The van der Waals surface area contributed by atoms with Crippen LogP contribution in [0.5, 0.6) is 5.75 Å². The molecule has 0 radical (unpaired) electrons. The number of aliphatic carboxylic acids is 2. The van der Waals surface area contributed by atoms with Gasteiger partial charge in [-0.2, -0.15) is 0 Å². The molecule has 3 amide bonds. The van der Waals surface area contributed by atoms with Gasteiger partial charge in [0.05, 0.1) is 12.1 Å². The van der Waals surface area contributed by atoms with Gasteiger partial charge < -0.3 is 42.1 Å². The van der Waals surface area contributed by atoms with Gasteiger partial charge in [-0.3, -0.25) is 19.2 Å². The minimum atomic E-state index is -1.54. The number of phenolic OH excluding ortho intramolecular Hbond substituents is 1. The molecule has 0 saturated carbocycles. The number of nitrogens with two attached hydrogens (primary N) is 1. The molecule has 2 aromatic rings. The highest BCUT2D eigenvalue weighted by Crippen LogP contribution is 2.12. The first kappa shape index (κ1) is 31.7. The zero-order valence-electron chi connectivity index (χ0n) is 21.8. The van der Waals surface area contributed by atoms with E-state index in [9.17, 15) is 39.3 Å². The van der Waals surface area contributed by atoms with Crippen LogP contribution in [0, 0.1) is 0 Å². The van der Waals surface area contributed by atoms with E-state index in [-0.39, 0.29) is 31.4 Å². The average molecular weight is 559 g/mol. The molecule has 13 nitrogen and oxygen atoms in total. The summed E-state index contributed by atoms with van der Waals surface area (Å²) in [4.78, 5) is 61.5. The largest absolute Gasteiger partial charge is 0.508 e. The Hall–Kier alpha value is -4.49. The summed E-state index contributed by atoms with van der Waals surface area (Å²) in [6.07, 6.45) is -2.14. The molecule has 0 aliphatic rings. The fraction of sp³-hybridized carbons (Fsp3) is 0.370. The molecule has 2 rings (SSSR count). The van der Waals surface area contributed by atoms with E-state index in [2.05, 4.69) is 16.0 Å². The summed E-state index contributed by atoms with van der Waals surface area (Å²) >= 11 is 0. The van der Waals surface area contributed by atoms with E-state index in [0.717, 1.165) is 0 Å². The maximum Gasteiger partial charge on any atom is 0.326 e. The Morgan fingerprint density at radius 2 is 1.32 bits per heavy atom. The molecular formula is C27H34N4O9. The van der Waals surface area contributed by atoms with E-state index in [1.54, 1.807) is 30.3 Å². The lowest BCUT2D eigenvalue weighted by Crippen LogP contribution is -2.60. The van der Waals surface area contributed by atoms with Crippen molar-refractivity contribution >= 4 is 29.7 Å². The van der Waals surface area contributed by atoms with Crippen molar-refractivity contribution < 1.29 is 44.4 Å². The topological polar surface area (TPSA) is 228 Å². The van der Waals surface area contributed by atoms with Gasteiger partial charge in [-0.15, -0.1) is 0 Å². The lowest BCUT2D eigenvalue weighted by Gasteiger charge is -2.26. The van der Waals surface area contributed by atoms with Gasteiger partial charge in [-0.05, 0) is 36.6 Å². The summed E-state index contributed by atoms with van der Waals surface area (Å²) in [5, 5.41) is 45.3. The van der Waals surface area contributed by atoms with Gasteiger partial charge in [0.15, 0.2) is 0 Å². The molecule has 0 aromatic heterocycles. The summed E-state index contributed by atoms with van der Waals surface area (Å²) in [6, 6.07) is 8.91. The van der Waals surface area contributed by atoms with Crippen LogP contribution < -0.4 is 21.7 Å². The molecule has 9 N–H and O–H groups in total. The molecule has 0 bridgehead atoms. The fourth-order valence-corrected chi connectivity index (χ4v) is 3.74. The van der Waals surface area contributed by atoms with Crippen LogP contribution in [-0.4, -0.2) is 80.4 Å². The minimum absolute atomic E-state index is 0.00658. The summed E-state index contributed by atoms with van der Waals surface area (Å²) in [6.45, 7) is 1.23. The molecule has 5 unspecified atom stereocenters. The quantitative estimate of drug-likeness (QED) is 0.137. The van der Waals surface area contributed by atoms with Gasteiger partial charge in [-0.25, -0.2) is 4.79 Å². The third-order valence-corrected chi connectivity index (χ3v) is 5.97. The number of aliphatic hydroxyl groups excluding tert-OH is 1. The summed E-state index contributed by atoms with van der Waals surface area (Å²) < 4.78 is 0. The first-order chi connectivity index (χ1) is 18.9. The van der Waals surface area contributed by atoms with Crippen molar-refractivity contribution in [1.29, 1.82) is 0 Å². The van der Waals surface area contributed by atoms with Crippen LogP contribution in [0.4, 0.5) is 0 Å². The Morgan fingerprint density at radius 3 is 1.88 bits per heavy atom. The van der Waals surface area contributed by atoms with Crippen molar-refractivity contribution in [2.45, 2.75) is 62.9 Å². The Bertz CT molecular complexity index is 1170. The van der Waals surface area contributed by atoms with Crippen LogP contribution in [0.15, 0.2) is 54.6 Å². The van der Waals surface area contributed by atoms with Crippen molar-refractivity contribution in [1.82, 2.24) is 16.0 Å². The van der Waals surface area contributed by atoms with E-state index in [0.29, 0.717) is 11.1 Å². The van der Waals surface area contributed by atoms with Gasteiger partial charge in [0.25, 0.3) is 0 Å². The second kappa shape index (κ2) is 15.2. The number of hydrogen-bond donors (Lipinski definition) is 8. The number of carboxylic acid groups (broad SMARTS) is 2. The molecule has 0 aliphatic heterocycles. The number of carbonyl (C=O) groups excluding carboxylic acids is 3. The lowest BCUT2D eigenvalue weighted by atomic mass is 10.0. The second-order valence-corrected chi connectivity index (χ2v) is 9.29. The minimum Gasteiger partial charge on any atom is -0.508 e. The Morgan fingerprint density at radius 1 is 0.775 bits per heavy atom. The normalized spacial score (nSPS) is 14.6. The number of carboxylic acids is 2. The number of amides is 3. The molecule has 2 aromatic carbocycles. The molecular weight excluding hydrogens is 524 g/mol. The molecule has 13 heteroatoms. The maximum absolute atomic E-state index is 13.3. The molecule has 5 atom stereocenters. The van der Waals surface area contributed by atoms with Crippen molar-refractivity contribution in [3.05, 3.63) is 65.7 Å². The smallest absolute Gasteiger partial charge is 0.326 e. The molecule has 0 saturated heterocycles. The summed E-state index contributed by atoms with van der Waals surface area (Å²) in [7, 11) is 0. The van der Waals surface area contributed by atoms with Crippen molar-refractivity contribution in [3.63, 3.8) is 0 Å². The predicted molar refractivity (Wildman–Crippen MR) is 142 cm³/mol. The van der Waals surface area contributed by atoms with Gasteiger partial charge in [0.1, 0.15) is 23.9 Å². The van der Waals surface area contributed by atoms with Crippen LogP contribution in [0.1, 0.15) is 30.9 Å². The van der Waals surface area contributed by atoms with Crippen LogP contribution in [0.3, 0.4) is 0 Å². The van der Waals surface area contributed by atoms with Gasteiger partial charge in [0.2, 0.25) is 17.7 Å². The van der Waals surface area contributed by atoms with E-state index in [1.165, 1.54) is 31.2 Å². The first-order valence-corrected chi connectivity index (χ1v) is 12.5. The van der Waals surface area contributed by atoms with Gasteiger partial charge >= 0.3 is 11.9 Å². The molecule has 40 heavy (non-hydrogen) atoms. The third-order valence-electron chi connectivity index (χ3n) is 5.97. The molecule has 0 fully saturated rings. The van der Waals surface area contributed by atoms with E-state index in [4.69, 9.17) is 10.8 Å². The Labute approximate surface area is 230 Å². The number of aromatic hydroxyl groups is 1. The fourth-order valence-electron chi connectivity index (χ4n) is 3.74. The number of aliphatic hydroxyl groups is 1. The predicted octanol–water partition coefficient (Wildman–Crippen LogP) is -0.711. The van der Waals surface area contributed by atoms with Crippen LogP contribution >= 0.6 is 0 Å². The van der Waals surface area contributed by atoms with E-state index < -0.39 is 59.9 Å².